The lowest BCUT2D eigenvalue weighted by atomic mass is 9.49. The Hall–Kier alpha value is -0.900. The first-order valence-electron chi connectivity index (χ1n) is 10.6. The molecule has 0 aromatic rings. The number of Topliss-reactive ketones (excluding diaryl/α,β-unsaturated/α-hetero) is 1. The van der Waals surface area contributed by atoms with Crippen LogP contribution in [0, 0.1) is 11.3 Å². The molecule has 0 atom stereocenters. The Morgan fingerprint density at radius 1 is 0.880 bits per heavy atom. The molecule has 1 aliphatic heterocycles. The zero-order valence-corrected chi connectivity index (χ0v) is 16.3. The van der Waals surface area contributed by atoms with E-state index in [2.05, 4.69) is 23.6 Å². The number of unbranched alkanes of at least 4 members (excludes halogenated alkanes) is 2. The fourth-order valence-corrected chi connectivity index (χ4v) is 5.22. The van der Waals surface area contributed by atoms with E-state index in [1.165, 1.54) is 19.3 Å². The monoisotopic (exact) mass is 348 g/mol. The van der Waals surface area contributed by atoms with Gasteiger partial charge < -0.3 is 4.90 Å². The van der Waals surface area contributed by atoms with Gasteiger partial charge in [-0.2, -0.15) is 0 Å². The molecule has 4 heteroatoms. The summed E-state index contributed by atoms with van der Waals surface area (Å²) < 4.78 is 0. The maximum absolute atomic E-state index is 12.2. The molecule has 0 aromatic heterocycles. The second-order valence-corrected chi connectivity index (χ2v) is 8.76. The van der Waals surface area contributed by atoms with Gasteiger partial charge in [-0.05, 0) is 43.9 Å². The molecule has 142 valence electrons. The number of rotatable bonds is 8. The summed E-state index contributed by atoms with van der Waals surface area (Å²) >= 11 is 0. The smallest absolute Gasteiger partial charge is 0.222 e. The van der Waals surface area contributed by atoms with Crippen LogP contribution in [-0.2, 0) is 9.59 Å². The minimum Gasteiger partial charge on any atom is -0.340 e. The van der Waals surface area contributed by atoms with Crippen LogP contribution in [0.2, 0.25) is 0 Å². The van der Waals surface area contributed by atoms with Crippen molar-refractivity contribution >= 4 is 11.7 Å². The van der Waals surface area contributed by atoms with Crippen LogP contribution in [0.1, 0.15) is 78.1 Å². The number of nitrogens with zero attached hydrogens (tertiary/aromatic N) is 2. The molecule has 3 fully saturated rings. The van der Waals surface area contributed by atoms with Gasteiger partial charge in [0.1, 0.15) is 5.78 Å². The van der Waals surface area contributed by atoms with Crippen molar-refractivity contribution in [1.29, 1.82) is 0 Å². The molecule has 1 heterocycles. The van der Waals surface area contributed by atoms with Gasteiger partial charge in [-0.1, -0.05) is 26.7 Å². The summed E-state index contributed by atoms with van der Waals surface area (Å²) in [6.45, 7) is 8.17. The largest absolute Gasteiger partial charge is 0.340 e. The second-order valence-electron chi connectivity index (χ2n) is 8.76. The lowest BCUT2D eigenvalue weighted by Gasteiger charge is -2.60. The van der Waals surface area contributed by atoms with Crippen LogP contribution in [0.4, 0.5) is 0 Å². The van der Waals surface area contributed by atoms with Crippen LogP contribution in [-0.4, -0.2) is 53.7 Å². The van der Waals surface area contributed by atoms with Gasteiger partial charge >= 0.3 is 0 Å². The van der Waals surface area contributed by atoms with E-state index in [1.54, 1.807) is 0 Å². The molecule has 0 N–H and O–H groups in total. The predicted octanol–water partition coefficient (Wildman–Crippen LogP) is 3.64. The van der Waals surface area contributed by atoms with Crippen LogP contribution < -0.4 is 0 Å². The number of carbonyl (C=O) groups excluding carboxylic acids is 2. The summed E-state index contributed by atoms with van der Waals surface area (Å²) in [5, 5.41) is 0. The molecular weight excluding hydrogens is 312 g/mol. The van der Waals surface area contributed by atoms with Gasteiger partial charge in [-0.15, -0.1) is 0 Å². The summed E-state index contributed by atoms with van der Waals surface area (Å²) in [4.78, 5) is 28.9. The molecule has 25 heavy (non-hydrogen) atoms. The quantitative estimate of drug-likeness (QED) is 0.629. The van der Waals surface area contributed by atoms with Crippen LogP contribution in [0.15, 0.2) is 0 Å². The second kappa shape index (κ2) is 8.20. The molecule has 3 aliphatic rings. The number of hydrogen-bond donors (Lipinski definition) is 0. The lowest BCUT2D eigenvalue weighted by Crippen LogP contribution is -2.61. The first kappa shape index (κ1) is 18.9. The molecule has 0 radical (unpaired) electrons. The highest BCUT2D eigenvalue weighted by molar-refractivity contribution is 5.82. The van der Waals surface area contributed by atoms with Gasteiger partial charge in [-0.3, -0.25) is 14.5 Å². The highest BCUT2D eigenvalue weighted by Gasteiger charge is 2.55. The van der Waals surface area contributed by atoms with Gasteiger partial charge in [0.2, 0.25) is 5.91 Å². The summed E-state index contributed by atoms with van der Waals surface area (Å²) in [6.07, 6.45) is 10.8. The standard InChI is InChI=1S/C21H36N2O2/c1-3-5-6-8-20(25)23-11-9-22(10-12-23)18-15-21(16-18)13-17(14-21)19(24)7-4-2/h17-18H,3-16H2,1-2H3. The van der Waals surface area contributed by atoms with Gasteiger partial charge in [0.15, 0.2) is 0 Å². The fourth-order valence-electron chi connectivity index (χ4n) is 5.22. The maximum Gasteiger partial charge on any atom is 0.222 e. The molecular formula is C21H36N2O2. The van der Waals surface area contributed by atoms with Crippen molar-refractivity contribution in [2.75, 3.05) is 26.2 Å². The Morgan fingerprint density at radius 3 is 2.16 bits per heavy atom. The van der Waals surface area contributed by atoms with E-state index >= 15 is 0 Å². The van der Waals surface area contributed by atoms with Crippen molar-refractivity contribution in [3.05, 3.63) is 0 Å². The van der Waals surface area contributed by atoms with Crippen molar-refractivity contribution in [2.45, 2.75) is 84.1 Å². The average molecular weight is 349 g/mol. The molecule has 1 saturated heterocycles. The normalized spacial score (nSPS) is 32.3. The molecule has 4 nitrogen and oxygen atoms in total. The first-order chi connectivity index (χ1) is 12.1. The molecule has 1 spiro atoms. The third kappa shape index (κ3) is 4.27. The summed E-state index contributed by atoms with van der Waals surface area (Å²) in [5.74, 6) is 1.24. The summed E-state index contributed by atoms with van der Waals surface area (Å²) in [6, 6.07) is 0.708. The van der Waals surface area contributed by atoms with Crippen molar-refractivity contribution in [3.8, 4) is 0 Å². The van der Waals surface area contributed by atoms with Gasteiger partial charge in [0, 0.05) is 51.0 Å². The molecule has 2 aliphatic carbocycles. The Labute approximate surface area is 153 Å². The number of carbonyl (C=O) groups is 2. The third-order valence-electron chi connectivity index (χ3n) is 6.83. The molecule has 0 unspecified atom stereocenters. The van der Waals surface area contributed by atoms with Crippen molar-refractivity contribution < 1.29 is 9.59 Å². The minimum atomic E-state index is 0.356. The fraction of sp³-hybridized carbons (Fsp3) is 0.905. The molecule has 2 saturated carbocycles. The summed E-state index contributed by atoms with van der Waals surface area (Å²) in [7, 11) is 0. The predicted molar refractivity (Wildman–Crippen MR) is 100 cm³/mol. The topological polar surface area (TPSA) is 40.6 Å². The van der Waals surface area contributed by atoms with Crippen molar-refractivity contribution in [2.24, 2.45) is 11.3 Å². The van der Waals surface area contributed by atoms with Crippen LogP contribution in [0.3, 0.4) is 0 Å². The highest BCUT2D eigenvalue weighted by atomic mass is 16.2. The van der Waals surface area contributed by atoms with Crippen LogP contribution in [0.25, 0.3) is 0 Å². The van der Waals surface area contributed by atoms with Crippen LogP contribution in [0.5, 0.6) is 0 Å². The molecule has 0 aromatic carbocycles. The third-order valence-corrected chi connectivity index (χ3v) is 6.83. The number of hydrogen-bond acceptors (Lipinski definition) is 3. The molecule has 3 rings (SSSR count). The van der Waals surface area contributed by atoms with E-state index in [0.29, 0.717) is 29.1 Å². The van der Waals surface area contributed by atoms with E-state index in [-0.39, 0.29) is 0 Å². The van der Waals surface area contributed by atoms with Gasteiger partial charge in [0.25, 0.3) is 0 Å². The maximum atomic E-state index is 12.2. The number of amides is 1. The number of ketones is 1. The van der Waals surface area contributed by atoms with Gasteiger partial charge in [-0.25, -0.2) is 0 Å². The Morgan fingerprint density at radius 2 is 1.56 bits per heavy atom. The Bertz CT molecular complexity index is 468. The lowest BCUT2D eigenvalue weighted by molar-refractivity contribution is -0.144. The van der Waals surface area contributed by atoms with Crippen molar-refractivity contribution in [1.82, 2.24) is 9.80 Å². The zero-order chi connectivity index (χ0) is 17.9. The van der Waals surface area contributed by atoms with E-state index < -0.39 is 0 Å². The Balaban J connectivity index is 1.33. The number of piperazine rings is 1. The zero-order valence-electron chi connectivity index (χ0n) is 16.3. The van der Waals surface area contributed by atoms with Gasteiger partial charge in [0.05, 0.1) is 0 Å². The van der Waals surface area contributed by atoms with E-state index in [9.17, 15) is 9.59 Å². The van der Waals surface area contributed by atoms with E-state index in [1.807, 2.05) is 0 Å². The Kier molecular flexibility index (Phi) is 6.19. The van der Waals surface area contributed by atoms with Crippen LogP contribution >= 0.6 is 0 Å². The van der Waals surface area contributed by atoms with Crippen molar-refractivity contribution in [3.63, 3.8) is 0 Å². The average Bonchev–Trinajstić information content (AvgIpc) is 2.53. The van der Waals surface area contributed by atoms with E-state index in [0.717, 1.165) is 71.1 Å². The first-order valence-corrected chi connectivity index (χ1v) is 10.6. The van der Waals surface area contributed by atoms with E-state index in [4.69, 9.17) is 0 Å². The highest BCUT2D eigenvalue weighted by Crippen LogP contribution is 2.60. The summed E-state index contributed by atoms with van der Waals surface area (Å²) in [5.41, 5.74) is 0.506. The molecule has 0 bridgehead atoms. The minimum absolute atomic E-state index is 0.356. The molecule has 1 amide bonds. The SMILES string of the molecule is CCCCCC(=O)N1CCN(C2CC3(CC(C(=O)CCC)C3)C2)CC1.